The summed E-state index contributed by atoms with van der Waals surface area (Å²) in [7, 11) is 0. The maximum atomic E-state index is 13.8. The van der Waals surface area contributed by atoms with Gasteiger partial charge >= 0.3 is 0 Å². The summed E-state index contributed by atoms with van der Waals surface area (Å²) in [5.74, 6) is -2.12. The van der Waals surface area contributed by atoms with Crippen LogP contribution in [0.5, 0.6) is 0 Å². The predicted molar refractivity (Wildman–Crippen MR) is 61.5 cm³/mol. The van der Waals surface area contributed by atoms with Crippen LogP contribution in [-0.4, -0.2) is 23.9 Å². The first kappa shape index (κ1) is 13.4. The number of halogens is 3. The molecular weight excluding hydrogens is 312 g/mol. The average molecular weight is 322 g/mol. The van der Waals surface area contributed by atoms with Gasteiger partial charge in [0.2, 0.25) is 5.91 Å². The van der Waals surface area contributed by atoms with Gasteiger partial charge in [0.25, 0.3) is 0 Å². The molecule has 2 rings (SSSR count). The van der Waals surface area contributed by atoms with Crippen molar-refractivity contribution in [2.75, 3.05) is 6.61 Å². The van der Waals surface area contributed by atoms with Crippen molar-refractivity contribution in [3.05, 3.63) is 33.8 Å². The minimum Gasteiger partial charge on any atom is -0.366 e. The zero-order chi connectivity index (χ0) is 13.5. The molecule has 1 fully saturated rings. The normalized spacial score (nSPS) is 28.1. The molecular formula is C11H10BrF2NO3. The lowest BCUT2D eigenvalue weighted by atomic mass is 9.89. The van der Waals surface area contributed by atoms with Crippen LogP contribution in [0.25, 0.3) is 0 Å². The van der Waals surface area contributed by atoms with Crippen LogP contribution in [0.15, 0.2) is 16.6 Å². The molecule has 1 aromatic carbocycles. The smallest absolute Gasteiger partial charge is 0.246 e. The Labute approximate surface area is 110 Å². The summed E-state index contributed by atoms with van der Waals surface area (Å²) in [5, 5.41) is 12.2. The highest BCUT2D eigenvalue weighted by atomic mass is 79.9. The number of amides is 1. The number of ether oxygens (including phenoxy) is 1. The highest BCUT2D eigenvalue weighted by molar-refractivity contribution is 9.10. The van der Waals surface area contributed by atoms with Crippen molar-refractivity contribution in [2.24, 2.45) is 0 Å². The predicted octanol–water partition coefficient (Wildman–Crippen LogP) is 1.41. The van der Waals surface area contributed by atoms with Crippen LogP contribution in [0.4, 0.5) is 8.78 Å². The summed E-state index contributed by atoms with van der Waals surface area (Å²) in [6, 6.07) is 1.85. The fraction of sp³-hybridized carbons (Fsp3) is 0.364. The molecule has 1 aliphatic rings. The van der Waals surface area contributed by atoms with E-state index < -0.39 is 29.4 Å². The van der Waals surface area contributed by atoms with E-state index in [1.807, 2.05) is 0 Å². The Bertz CT molecular complexity index is 511. The number of aliphatic hydroxyl groups is 1. The van der Waals surface area contributed by atoms with Crippen molar-refractivity contribution in [3.63, 3.8) is 0 Å². The number of hydrogen-bond acceptors (Lipinski definition) is 3. The summed E-state index contributed by atoms with van der Waals surface area (Å²) in [4.78, 5) is 11.3. The average Bonchev–Trinajstić information content (AvgIpc) is 2.29. The van der Waals surface area contributed by atoms with Crippen LogP contribution in [0.2, 0.25) is 0 Å². The molecule has 0 spiro atoms. The van der Waals surface area contributed by atoms with Gasteiger partial charge in [-0.1, -0.05) is 0 Å². The van der Waals surface area contributed by atoms with Gasteiger partial charge in [-0.3, -0.25) is 4.79 Å². The van der Waals surface area contributed by atoms with Crippen LogP contribution in [-0.2, 0) is 15.1 Å². The van der Waals surface area contributed by atoms with Crippen LogP contribution < -0.4 is 5.32 Å². The number of hydrogen-bond donors (Lipinski definition) is 2. The van der Waals surface area contributed by atoms with Crippen LogP contribution >= 0.6 is 15.9 Å². The van der Waals surface area contributed by atoms with E-state index in [4.69, 9.17) is 4.74 Å². The second-order valence-electron chi connectivity index (χ2n) is 4.16. The molecule has 2 N–H and O–H groups in total. The number of carbonyl (C=O) groups excluding carboxylic acids is 1. The largest absolute Gasteiger partial charge is 0.366 e. The standard InChI is InChI=1S/C11H10BrF2NO3/c1-11(10(17)18-4-9(16)15-11)5-2-6(12)8(14)3-7(5)13/h2-3,10,17H,4H2,1H3,(H,15,16). The minimum absolute atomic E-state index is 0.0344. The molecule has 0 radical (unpaired) electrons. The molecule has 4 nitrogen and oxygen atoms in total. The van der Waals surface area contributed by atoms with Crippen LogP contribution in [0.3, 0.4) is 0 Å². The van der Waals surface area contributed by atoms with Crippen molar-refractivity contribution in [1.82, 2.24) is 5.32 Å². The summed E-state index contributed by atoms with van der Waals surface area (Å²) in [6.07, 6.45) is -1.41. The van der Waals surface area contributed by atoms with E-state index in [-0.39, 0.29) is 16.6 Å². The number of benzene rings is 1. The third-order valence-electron chi connectivity index (χ3n) is 2.83. The highest BCUT2D eigenvalue weighted by Crippen LogP contribution is 2.33. The first-order valence-corrected chi connectivity index (χ1v) is 5.89. The lowest BCUT2D eigenvalue weighted by Crippen LogP contribution is -2.58. The second-order valence-corrected chi connectivity index (χ2v) is 5.01. The van der Waals surface area contributed by atoms with Gasteiger partial charge < -0.3 is 15.2 Å². The summed E-state index contributed by atoms with van der Waals surface area (Å²) in [5.41, 5.74) is -1.52. The lowest BCUT2D eigenvalue weighted by molar-refractivity contribution is -0.187. The van der Waals surface area contributed by atoms with E-state index in [0.29, 0.717) is 6.07 Å². The molecule has 18 heavy (non-hydrogen) atoms. The van der Waals surface area contributed by atoms with Gasteiger partial charge in [0.1, 0.15) is 23.8 Å². The maximum absolute atomic E-state index is 13.8. The molecule has 2 atom stereocenters. The fourth-order valence-corrected chi connectivity index (χ4v) is 2.17. The van der Waals surface area contributed by atoms with E-state index in [1.54, 1.807) is 0 Å². The second kappa shape index (κ2) is 4.56. The van der Waals surface area contributed by atoms with Crippen LogP contribution in [0, 0.1) is 11.6 Å². The van der Waals surface area contributed by atoms with E-state index >= 15 is 0 Å². The van der Waals surface area contributed by atoms with Crippen molar-refractivity contribution in [3.8, 4) is 0 Å². The lowest BCUT2D eigenvalue weighted by Gasteiger charge is -2.39. The van der Waals surface area contributed by atoms with E-state index in [1.165, 1.54) is 13.0 Å². The van der Waals surface area contributed by atoms with Gasteiger partial charge in [0.15, 0.2) is 6.29 Å². The number of rotatable bonds is 1. The minimum atomic E-state index is -1.46. The third kappa shape index (κ3) is 2.13. The Morgan fingerprint density at radius 3 is 2.83 bits per heavy atom. The third-order valence-corrected chi connectivity index (χ3v) is 3.44. The molecule has 1 saturated heterocycles. The van der Waals surface area contributed by atoms with Gasteiger partial charge in [-0.15, -0.1) is 0 Å². The van der Waals surface area contributed by atoms with Crippen molar-refractivity contribution in [2.45, 2.75) is 18.8 Å². The Balaban J connectivity index is 2.52. The first-order valence-electron chi connectivity index (χ1n) is 5.10. The molecule has 98 valence electrons. The van der Waals surface area contributed by atoms with Gasteiger partial charge in [-0.25, -0.2) is 8.78 Å². The molecule has 1 aromatic rings. The molecule has 1 amide bonds. The fourth-order valence-electron chi connectivity index (χ4n) is 1.83. The Morgan fingerprint density at radius 1 is 1.50 bits per heavy atom. The maximum Gasteiger partial charge on any atom is 0.246 e. The monoisotopic (exact) mass is 321 g/mol. The number of nitrogens with one attached hydrogen (secondary N) is 1. The molecule has 0 aliphatic carbocycles. The molecule has 1 heterocycles. The molecule has 0 saturated carbocycles. The zero-order valence-corrected chi connectivity index (χ0v) is 10.9. The molecule has 0 aromatic heterocycles. The summed E-state index contributed by atoms with van der Waals surface area (Å²) in [6.45, 7) is 1.10. The first-order chi connectivity index (χ1) is 8.34. The van der Waals surface area contributed by atoms with Gasteiger partial charge in [0.05, 0.1) is 4.47 Å². The highest BCUT2D eigenvalue weighted by Gasteiger charge is 2.43. The number of morpholine rings is 1. The zero-order valence-electron chi connectivity index (χ0n) is 9.34. The molecule has 2 unspecified atom stereocenters. The van der Waals surface area contributed by atoms with Crippen LogP contribution in [0.1, 0.15) is 12.5 Å². The Kier molecular flexibility index (Phi) is 3.39. The molecule has 0 bridgehead atoms. The molecule has 7 heteroatoms. The quantitative estimate of drug-likeness (QED) is 0.769. The van der Waals surface area contributed by atoms with E-state index in [0.717, 1.165) is 0 Å². The topological polar surface area (TPSA) is 58.6 Å². The number of aliphatic hydroxyl groups excluding tert-OH is 1. The van der Waals surface area contributed by atoms with Gasteiger partial charge in [-0.2, -0.15) is 0 Å². The Morgan fingerprint density at radius 2 is 2.17 bits per heavy atom. The van der Waals surface area contributed by atoms with Gasteiger partial charge in [-0.05, 0) is 28.9 Å². The van der Waals surface area contributed by atoms with Crippen molar-refractivity contribution < 1.29 is 23.4 Å². The van der Waals surface area contributed by atoms with Gasteiger partial charge in [0, 0.05) is 11.6 Å². The summed E-state index contributed by atoms with van der Waals surface area (Å²) < 4.78 is 31.8. The summed E-state index contributed by atoms with van der Waals surface area (Å²) >= 11 is 2.93. The van der Waals surface area contributed by atoms with E-state index in [9.17, 15) is 18.7 Å². The number of carbonyl (C=O) groups is 1. The molecule has 1 aliphatic heterocycles. The Hall–Kier alpha value is -1.05. The van der Waals surface area contributed by atoms with E-state index in [2.05, 4.69) is 21.2 Å². The van der Waals surface area contributed by atoms with Crippen molar-refractivity contribution >= 4 is 21.8 Å². The SMILES string of the molecule is CC1(c2cc(Br)c(F)cc2F)NC(=O)COC1O. The van der Waals surface area contributed by atoms with Crippen molar-refractivity contribution in [1.29, 1.82) is 0 Å².